The third-order valence-electron chi connectivity index (χ3n) is 5.03. The Morgan fingerprint density at radius 1 is 1.12 bits per heavy atom. The fourth-order valence-electron chi connectivity index (χ4n) is 3.69. The predicted molar refractivity (Wildman–Crippen MR) is 99.5 cm³/mol. The molecule has 2 aliphatic rings. The van der Waals surface area contributed by atoms with Crippen molar-refractivity contribution < 1.29 is 4.74 Å². The van der Waals surface area contributed by atoms with Crippen LogP contribution in [0.25, 0.3) is 11.0 Å². The first-order chi connectivity index (χ1) is 12.0. The Morgan fingerprint density at radius 2 is 1.92 bits per heavy atom. The van der Waals surface area contributed by atoms with Crippen molar-refractivity contribution in [1.29, 1.82) is 0 Å². The summed E-state index contributed by atoms with van der Waals surface area (Å²) < 4.78 is 8.26. The molecule has 4 nitrogen and oxygen atoms in total. The van der Waals surface area contributed by atoms with Gasteiger partial charge in [0, 0.05) is 0 Å². The number of nitrogens with zero attached hydrogens (tertiary/aromatic N) is 3. The monoisotopic (exact) mass is 331 g/mol. The lowest BCUT2D eigenvalue weighted by Gasteiger charge is -2.31. The molecule has 1 aromatic heterocycles. The van der Waals surface area contributed by atoms with E-state index < -0.39 is 5.72 Å². The summed E-state index contributed by atoms with van der Waals surface area (Å²) in [5.74, 6) is 2.50. The molecule has 0 saturated heterocycles. The Labute approximate surface area is 147 Å². The molecule has 0 amide bonds. The molecule has 1 aliphatic carbocycles. The van der Waals surface area contributed by atoms with Gasteiger partial charge in [0.25, 0.3) is 0 Å². The van der Waals surface area contributed by atoms with Gasteiger partial charge in [-0.1, -0.05) is 24.3 Å². The minimum atomic E-state index is -0.598. The number of ether oxygens (including phenoxy) is 1. The van der Waals surface area contributed by atoms with Crippen LogP contribution in [-0.2, 0) is 0 Å². The molecule has 4 heteroatoms. The van der Waals surface area contributed by atoms with Gasteiger partial charge >= 0.3 is 0 Å². The van der Waals surface area contributed by atoms with E-state index in [0.29, 0.717) is 5.92 Å². The molecule has 1 aliphatic heterocycles. The predicted octanol–water partition coefficient (Wildman–Crippen LogP) is 4.65. The fraction of sp³-hybridized carbons (Fsp3) is 0.333. The van der Waals surface area contributed by atoms with Gasteiger partial charge in [-0.25, -0.2) is 9.98 Å². The molecule has 0 atom stereocenters. The highest BCUT2D eigenvalue weighted by Crippen LogP contribution is 2.43. The van der Waals surface area contributed by atoms with Crippen molar-refractivity contribution in [3.8, 4) is 5.75 Å². The Hall–Kier alpha value is -2.62. The van der Waals surface area contributed by atoms with Crippen molar-refractivity contribution in [1.82, 2.24) is 9.55 Å². The third-order valence-corrected chi connectivity index (χ3v) is 5.03. The molecule has 0 bridgehead atoms. The molecule has 126 valence electrons. The summed E-state index contributed by atoms with van der Waals surface area (Å²) in [7, 11) is 0. The van der Waals surface area contributed by atoms with Crippen LogP contribution in [0.15, 0.2) is 47.7 Å². The standard InChI is InChI=1S/C21H21N3O/c1-13-6-4-8-16-19(13)25-21(2,3)23-20(16)24-12-22-18-15(14-10-11-14)7-5-9-17(18)24/h4-9,12,14H,10-11H2,1-3H3. The van der Waals surface area contributed by atoms with E-state index in [9.17, 15) is 0 Å². The Bertz CT molecular complexity index is 1020. The van der Waals surface area contributed by atoms with E-state index in [0.717, 1.165) is 33.7 Å². The molecule has 1 saturated carbocycles. The Balaban J connectivity index is 1.76. The molecule has 0 N–H and O–H groups in total. The SMILES string of the molecule is Cc1cccc2c1OC(C)(C)N=C2n1cnc2c(C3CC3)cccc21. The highest BCUT2D eigenvalue weighted by atomic mass is 16.5. The molecule has 3 aromatic rings. The van der Waals surface area contributed by atoms with E-state index in [-0.39, 0.29) is 0 Å². The molecule has 2 aromatic carbocycles. The van der Waals surface area contributed by atoms with Gasteiger partial charge in [0.1, 0.15) is 17.9 Å². The van der Waals surface area contributed by atoms with E-state index in [4.69, 9.17) is 14.7 Å². The van der Waals surface area contributed by atoms with Gasteiger partial charge < -0.3 is 4.74 Å². The molecule has 2 heterocycles. The fourth-order valence-corrected chi connectivity index (χ4v) is 3.69. The second kappa shape index (κ2) is 4.94. The number of fused-ring (bicyclic) bond motifs is 2. The summed E-state index contributed by atoms with van der Waals surface area (Å²) >= 11 is 0. The first-order valence-electron chi connectivity index (χ1n) is 8.89. The lowest BCUT2D eigenvalue weighted by Crippen LogP contribution is -2.34. The van der Waals surface area contributed by atoms with Crippen LogP contribution in [0.5, 0.6) is 5.75 Å². The summed E-state index contributed by atoms with van der Waals surface area (Å²) in [5.41, 5.74) is 5.14. The highest BCUT2D eigenvalue weighted by molar-refractivity contribution is 6.07. The van der Waals surface area contributed by atoms with Crippen LogP contribution in [0.4, 0.5) is 0 Å². The van der Waals surface area contributed by atoms with Crippen molar-refractivity contribution in [2.45, 2.75) is 45.3 Å². The molecule has 0 radical (unpaired) electrons. The van der Waals surface area contributed by atoms with Crippen LogP contribution in [0.3, 0.4) is 0 Å². The lowest BCUT2D eigenvalue weighted by atomic mass is 10.1. The summed E-state index contributed by atoms with van der Waals surface area (Å²) in [5, 5.41) is 0. The molecule has 25 heavy (non-hydrogen) atoms. The first kappa shape index (κ1) is 14.7. The van der Waals surface area contributed by atoms with E-state index in [1.807, 2.05) is 20.2 Å². The molecule has 0 unspecified atom stereocenters. The minimum Gasteiger partial charge on any atom is -0.466 e. The second-order valence-electron chi connectivity index (χ2n) is 7.54. The summed E-state index contributed by atoms with van der Waals surface area (Å²) in [4.78, 5) is 9.64. The zero-order chi connectivity index (χ0) is 17.2. The van der Waals surface area contributed by atoms with Crippen LogP contribution < -0.4 is 4.74 Å². The number of aromatic nitrogens is 2. The van der Waals surface area contributed by atoms with Crippen LogP contribution >= 0.6 is 0 Å². The van der Waals surface area contributed by atoms with E-state index in [1.54, 1.807) is 0 Å². The number of hydrogen-bond donors (Lipinski definition) is 0. The van der Waals surface area contributed by atoms with Gasteiger partial charge in [-0.3, -0.25) is 4.57 Å². The van der Waals surface area contributed by atoms with Crippen LogP contribution in [0.1, 0.15) is 49.3 Å². The maximum absolute atomic E-state index is 6.14. The second-order valence-corrected chi connectivity index (χ2v) is 7.54. The lowest BCUT2D eigenvalue weighted by molar-refractivity contribution is 0.113. The largest absolute Gasteiger partial charge is 0.466 e. The average Bonchev–Trinajstić information content (AvgIpc) is 3.33. The number of hydrogen-bond acceptors (Lipinski definition) is 3. The van der Waals surface area contributed by atoms with Gasteiger partial charge in [-0.15, -0.1) is 0 Å². The highest BCUT2D eigenvalue weighted by Gasteiger charge is 2.31. The zero-order valence-electron chi connectivity index (χ0n) is 14.8. The number of imidazole rings is 1. The summed E-state index contributed by atoms with van der Waals surface area (Å²) in [6.07, 6.45) is 4.45. The topological polar surface area (TPSA) is 39.4 Å². The number of rotatable bonds is 1. The number of benzene rings is 2. The summed E-state index contributed by atoms with van der Waals surface area (Å²) in [6, 6.07) is 12.7. The van der Waals surface area contributed by atoms with Crippen molar-refractivity contribution in [3.63, 3.8) is 0 Å². The molecular formula is C21H21N3O. The van der Waals surface area contributed by atoms with Crippen molar-refractivity contribution in [2.75, 3.05) is 0 Å². The molecule has 0 spiro atoms. The quantitative estimate of drug-likeness (QED) is 0.651. The van der Waals surface area contributed by atoms with Crippen molar-refractivity contribution in [3.05, 3.63) is 59.4 Å². The van der Waals surface area contributed by atoms with Crippen molar-refractivity contribution in [2.24, 2.45) is 4.99 Å². The van der Waals surface area contributed by atoms with Crippen molar-refractivity contribution >= 4 is 16.9 Å². The van der Waals surface area contributed by atoms with Gasteiger partial charge in [-0.05, 0) is 62.8 Å². The Morgan fingerprint density at radius 3 is 2.72 bits per heavy atom. The molecular weight excluding hydrogens is 310 g/mol. The maximum atomic E-state index is 6.14. The summed E-state index contributed by atoms with van der Waals surface area (Å²) in [6.45, 7) is 6.07. The molecule has 1 fully saturated rings. The van der Waals surface area contributed by atoms with Gasteiger partial charge in [0.05, 0.1) is 16.6 Å². The first-order valence-corrected chi connectivity index (χ1v) is 8.89. The molecule has 5 rings (SSSR count). The van der Waals surface area contributed by atoms with Crippen LogP contribution in [0.2, 0.25) is 0 Å². The van der Waals surface area contributed by atoms with Crippen LogP contribution in [0, 0.1) is 6.92 Å². The van der Waals surface area contributed by atoms with Gasteiger partial charge in [0.15, 0.2) is 5.72 Å². The number of aliphatic imine (C=N–C) groups is 1. The zero-order valence-corrected chi connectivity index (χ0v) is 14.8. The smallest absolute Gasteiger partial charge is 0.196 e. The van der Waals surface area contributed by atoms with E-state index in [2.05, 4.69) is 47.9 Å². The minimum absolute atomic E-state index is 0.598. The maximum Gasteiger partial charge on any atom is 0.196 e. The Kier molecular flexibility index (Phi) is 2.91. The average molecular weight is 331 g/mol. The third kappa shape index (κ3) is 2.28. The normalized spacial score (nSPS) is 18.6. The van der Waals surface area contributed by atoms with Gasteiger partial charge in [0.2, 0.25) is 0 Å². The van der Waals surface area contributed by atoms with E-state index >= 15 is 0 Å². The van der Waals surface area contributed by atoms with Crippen LogP contribution in [-0.4, -0.2) is 21.1 Å². The number of aryl methyl sites for hydroxylation is 1. The van der Waals surface area contributed by atoms with E-state index in [1.165, 1.54) is 18.4 Å². The number of para-hydroxylation sites is 2. The van der Waals surface area contributed by atoms with Gasteiger partial charge in [-0.2, -0.15) is 0 Å².